The van der Waals surface area contributed by atoms with Gasteiger partial charge in [0.05, 0.1) is 5.56 Å². The van der Waals surface area contributed by atoms with Crippen LogP contribution >= 0.6 is 0 Å². The van der Waals surface area contributed by atoms with Gasteiger partial charge in [-0.3, -0.25) is 0 Å². The van der Waals surface area contributed by atoms with E-state index >= 15 is 0 Å². The zero-order valence-corrected chi connectivity index (χ0v) is 41.0. The summed E-state index contributed by atoms with van der Waals surface area (Å²) < 4.78 is 44.0. The maximum absolute atomic E-state index is 14.7. The molecule has 0 bridgehead atoms. The molecule has 0 saturated carbocycles. The maximum atomic E-state index is 14.7. The van der Waals surface area contributed by atoms with E-state index in [2.05, 4.69) is 214 Å². The molecule has 2 aliphatic rings. The lowest BCUT2D eigenvalue weighted by Crippen LogP contribution is -2.61. The monoisotopic (exact) mass is 888 g/mol. The van der Waals surface area contributed by atoms with Crippen molar-refractivity contribution < 1.29 is 13.2 Å². The van der Waals surface area contributed by atoms with Crippen LogP contribution in [0.3, 0.4) is 0 Å². The fourth-order valence-corrected chi connectivity index (χ4v) is 10.3. The van der Waals surface area contributed by atoms with Crippen LogP contribution in [0.5, 0.6) is 0 Å². The highest BCUT2D eigenvalue weighted by Gasteiger charge is 2.45. The molecule has 8 aromatic rings. The molecule has 0 atom stereocenters. The average molecular weight is 889 g/mol. The van der Waals surface area contributed by atoms with Crippen molar-refractivity contribution in [3.05, 3.63) is 173 Å². The molecule has 0 fully saturated rings. The highest BCUT2D eigenvalue weighted by molar-refractivity contribution is 7.00. The molecule has 0 spiro atoms. The number of hydrogen-bond acceptors (Lipinski definition) is 2. The van der Waals surface area contributed by atoms with Crippen molar-refractivity contribution in [1.29, 1.82) is 0 Å². The first-order valence-corrected chi connectivity index (χ1v) is 23.7. The first-order chi connectivity index (χ1) is 31.4. The van der Waals surface area contributed by atoms with Gasteiger partial charge >= 0.3 is 6.18 Å². The SMILES string of the molecule is CC(C)(C)c1cc(N2c3cc(-c4cccc(C(F)(F)F)c4)cc4c3B(c3ccc5ccccc5c32)c2ccc3ccccc3c2N4c2cc(C(C)(C)C)cc(C(C)(C)C)c2)cc(C(C)(C)C)c1. The predicted octanol–water partition coefficient (Wildman–Crippen LogP) is 16.0. The Morgan fingerprint density at radius 1 is 0.373 bits per heavy atom. The van der Waals surface area contributed by atoms with Crippen LogP contribution in [-0.4, -0.2) is 6.71 Å². The van der Waals surface area contributed by atoms with Gasteiger partial charge in [0.15, 0.2) is 0 Å². The van der Waals surface area contributed by atoms with Crippen LogP contribution in [0.15, 0.2) is 146 Å². The van der Waals surface area contributed by atoms with E-state index in [0.717, 1.165) is 61.1 Å². The molecule has 0 amide bonds. The number of hydrogen-bond donors (Lipinski definition) is 0. The number of benzene rings is 8. The summed E-state index contributed by atoms with van der Waals surface area (Å²) in [5.74, 6) is 0. The topological polar surface area (TPSA) is 6.48 Å². The number of halogens is 3. The first kappa shape index (κ1) is 44.6. The third-order valence-electron chi connectivity index (χ3n) is 14.2. The molecule has 0 unspecified atom stereocenters. The van der Waals surface area contributed by atoms with Gasteiger partial charge in [-0.1, -0.05) is 180 Å². The van der Waals surface area contributed by atoms with E-state index < -0.39 is 11.7 Å². The van der Waals surface area contributed by atoms with Crippen LogP contribution in [0.25, 0.3) is 32.7 Å². The normalized spacial score (nSPS) is 14.1. The molecule has 0 aromatic heterocycles. The fraction of sp³-hybridized carbons (Fsp3) is 0.279. The van der Waals surface area contributed by atoms with Crippen molar-refractivity contribution in [2.24, 2.45) is 0 Å². The summed E-state index contributed by atoms with van der Waals surface area (Å²) >= 11 is 0. The third kappa shape index (κ3) is 7.61. The Morgan fingerprint density at radius 3 is 1.16 bits per heavy atom. The number of rotatable bonds is 3. The lowest BCUT2D eigenvalue weighted by molar-refractivity contribution is -0.137. The Kier molecular flexibility index (Phi) is 10.1. The molecule has 0 radical (unpaired) electrons. The second-order valence-electron chi connectivity index (χ2n) is 23.1. The van der Waals surface area contributed by atoms with Crippen molar-refractivity contribution in [1.82, 2.24) is 0 Å². The molecule has 6 heteroatoms. The van der Waals surface area contributed by atoms with Gasteiger partial charge in [-0.05, 0) is 131 Å². The van der Waals surface area contributed by atoms with Crippen LogP contribution in [0.4, 0.5) is 47.3 Å². The molecule has 8 aromatic carbocycles. The summed E-state index contributed by atoms with van der Waals surface area (Å²) in [4.78, 5) is 4.90. The molecule has 338 valence electrons. The smallest absolute Gasteiger partial charge is 0.311 e. The van der Waals surface area contributed by atoms with Gasteiger partial charge in [-0.2, -0.15) is 13.2 Å². The largest absolute Gasteiger partial charge is 0.416 e. The molecule has 2 aliphatic heterocycles. The minimum Gasteiger partial charge on any atom is -0.311 e. The first-order valence-electron chi connectivity index (χ1n) is 23.7. The number of anilines is 6. The second-order valence-corrected chi connectivity index (χ2v) is 23.1. The Hall–Kier alpha value is -6.27. The van der Waals surface area contributed by atoms with E-state index in [4.69, 9.17) is 0 Å². The maximum Gasteiger partial charge on any atom is 0.416 e. The van der Waals surface area contributed by atoms with Crippen LogP contribution in [0.1, 0.15) is 111 Å². The Morgan fingerprint density at radius 2 is 0.776 bits per heavy atom. The minimum absolute atomic E-state index is 0.172. The van der Waals surface area contributed by atoms with Gasteiger partial charge in [0.2, 0.25) is 0 Å². The van der Waals surface area contributed by atoms with Gasteiger partial charge in [-0.15, -0.1) is 0 Å². The molecule has 10 rings (SSSR count). The number of nitrogens with zero attached hydrogens (tertiary/aromatic N) is 2. The molecule has 67 heavy (non-hydrogen) atoms. The summed E-state index contributed by atoms with van der Waals surface area (Å²) in [6.07, 6.45) is -4.51. The molecule has 2 nitrogen and oxygen atoms in total. The van der Waals surface area contributed by atoms with Gasteiger partial charge in [0, 0.05) is 44.9 Å². The second kappa shape index (κ2) is 15.1. The predicted molar refractivity (Wildman–Crippen MR) is 281 cm³/mol. The van der Waals surface area contributed by atoms with Crippen molar-refractivity contribution in [2.75, 3.05) is 9.80 Å². The molecule has 0 aliphatic carbocycles. The molecular formula is C61H60BF3N2. The van der Waals surface area contributed by atoms with Gasteiger partial charge in [-0.25, -0.2) is 0 Å². The van der Waals surface area contributed by atoms with Crippen LogP contribution < -0.4 is 26.2 Å². The van der Waals surface area contributed by atoms with E-state index in [0.29, 0.717) is 11.1 Å². The van der Waals surface area contributed by atoms with E-state index in [9.17, 15) is 13.2 Å². The van der Waals surface area contributed by atoms with E-state index in [-0.39, 0.29) is 28.4 Å². The van der Waals surface area contributed by atoms with Crippen LogP contribution in [0.2, 0.25) is 0 Å². The zero-order chi connectivity index (χ0) is 47.7. The highest BCUT2D eigenvalue weighted by Crippen LogP contribution is 2.51. The molecule has 0 N–H and O–H groups in total. The van der Waals surface area contributed by atoms with E-state index in [1.54, 1.807) is 0 Å². The summed E-state index contributed by atoms with van der Waals surface area (Å²) in [6, 6.07) is 50.7. The standard InChI is InChI=1S/C61H60BF3N2/c1-57(2,3)42-31-43(58(4,5)6)34-46(33-42)66-52-29-40(39-20-17-21-41(28-39)61(63,64)65)30-53-54(52)62(50-26-24-37-18-13-15-22-48(37)55(50)66)51-27-25-38-19-14-16-23-49(38)56(51)67(53)47-35-44(59(7,8)9)32-45(36-47)60(10,11)12/h13-36H,1-12H3. The van der Waals surface area contributed by atoms with E-state index in [1.807, 2.05) is 6.07 Å². The molecule has 2 heterocycles. The summed E-state index contributed by atoms with van der Waals surface area (Å²) in [5.41, 5.74) is 14.4. The van der Waals surface area contributed by atoms with Gasteiger partial charge in [0.25, 0.3) is 6.71 Å². The zero-order valence-electron chi connectivity index (χ0n) is 41.0. The summed E-state index contributed by atoms with van der Waals surface area (Å²) in [7, 11) is 0. The summed E-state index contributed by atoms with van der Waals surface area (Å²) in [5, 5.41) is 4.48. The Labute approximate surface area is 395 Å². The van der Waals surface area contributed by atoms with Crippen molar-refractivity contribution in [2.45, 2.75) is 111 Å². The van der Waals surface area contributed by atoms with Gasteiger partial charge in [0.1, 0.15) is 0 Å². The lowest BCUT2D eigenvalue weighted by Gasteiger charge is -2.46. The number of fused-ring (bicyclic) bond motifs is 8. The molecular weight excluding hydrogens is 828 g/mol. The highest BCUT2D eigenvalue weighted by atomic mass is 19.4. The average Bonchev–Trinajstić information content (AvgIpc) is 3.26. The Balaban J connectivity index is 1.42. The Bertz CT molecular complexity index is 3040. The number of alkyl halides is 3. The summed E-state index contributed by atoms with van der Waals surface area (Å²) in [6.45, 7) is 27.0. The van der Waals surface area contributed by atoms with Gasteiger partial charge < -0.3 is 9.80 Å². The van der Waals surface area contributed by atoms with Crippen LogP contribution in [-0.2, 0) is 27.8 Å². The van der Waals surface area contributed by atoms with Crippen molar-refractivity contribution >= 4 is 78.8 Å². The van der Waals surface area contributed by atoms with Crippen LogP contribution in [0, 0.1) is 0 Å². The quantitative estimate of drug-likeness (QED) is 0.163. The molecule has 0 saturated heterocycles. The van der Waals surface area contributed by atoms with Crippen molar-refractivity contribution in [3.8, 4) is 11.1 Å². The van der Waals surface area contributed by atoms with E-state index in [1.165, 1.54) is 51.4 Å². The third-order valence-corrected chi connectivity index (χ3v) is 14.2. The minimum atomic E-state index is -4.51. The van der Waals surface area contributed by atoms with Crippen molar-refractivity contribution in [3.63, 3.8) is 0 Å². The fourth-order valence-electron chi connectivity index (χ4n) is 10.3. The lowest BCUT2D eigenvalue weighted by atomic mass is 9.33.